The minimum absolute atomic E-state index is 0.0748. The van der Waals surface area contributed by atoms with Gasteiger partial charge in [0.1, 0.15) is 0 Å². The summed E-state index contributed by atoms with van der Waals surface area (Å²) in [5.41, 5.74) is 1.61. The molecule has 2 aromatic heterocycles. The molecule has 0 aliphatic carbocycles. The second-order valence-electron chi connectivity index (χ2n) is 9.32. The number of carbonyl (C=O) groups excluding carboxylic acids is 1. The fraction of sp³-hybridized carbons (Fsp3) is 0.308. The van der Waals surface area contributed by atoms with Crippen LogP contribution in [0.2, 0.25) is 5.02 Å². The Morgan fingerprint density at radius 3 is 2.29 bits per heavy atom. The molecule has 12 heteroatoms. The minimum Gasteiger partial charge on any atom is -0.340 e. The Labute approximate surface area is 232 Å². The van der Waals surface area contributed by atoms with Crippen molar-refractivity contribution in [3.63, 3.8) is 0 Å². The lowest BCUT2D eigenvalue weighted by Gasteiger charge is -2.35. The Bertz CT molecular complexity index is 1600. The molecule has 1 saturated heterocycles. The van der Waals surface area contributed by atoms with Crippen LogP contribution in [0.1, 0.15) is 5.56 Å². The van der Waals surface area contributed by atoms with E-state index >= 15 is 0 Å². The van der Waals surface area contributed by atoms with E-state index in [9.17, 15) is 14.4 Å². The van der Waals surface area contributed by atoms with Crippen molar-refractivity contribution in [1.29, 1.82) is 0 Å². The molecule has 0 spiro atoms. The molecule has 38 heavy (non-hydrogen) atoms. The lowest BCUT2D eigenvalue weighted by molar-refractivity contribution is -0.117. The van der Waals surface area contributed by atoms with Crippen molar-refractivity contribution in [3.8, 4) is 0 Å². The van der Waals surface area contributed by atoms with Crippen LogP contribution in [-0.2, 0) is 25.4 Å². The highest BCUT2D eigenvalue weighted by atomic mass is 79.9. The third kappa shape index (κ3) is 5.27. The molecule has 0 bridgehead atoms. The van der Waals surface area contributed by atoms with Crippen molar-refractivity contribution >= 4 is 56.2 Å². The van der Waals surface area contributed by atoms with E-state index in [1.54, 1.807) is 7.05 Å². The molecule has 3 heterocycles. The standard InChI is InChI=1S/C26H27BrClN7O3/c1-31-23-22(24(37)32(2)26(31)38)35(15-17-3-7-19(28)8-4-17)25(30-23)34-13-11-33(12-14-34)16-21(36)29-20-9-5-18(27)6-10-20/h3-10H,11-16H2,1-2H3,(H,29,36). The van der Waals surface area contributed by atoms with Gasteiger partial charge in [-0.05, 0) is 42.0 Å². The molecular formula is C26H27BrClN7O3. The predicted molar refractivity (Wildman–Crippen MR) is 152 cm³/mol. The second kappa shape index (κ2) is 10.8. The number of fused-ring (bicyclic) bond motifs is 1. The maximum absolute atomic E-state index is 13.2. The number of amides is 1. The minimum atomic E-state index is -0.424. The molecule has 0 atom stereocenters. The predicted octanol–water partition coefficient (Wildman–Crippen LogP) is 2.66. The SMILES string of the molecule is Cn1c(=O)c2c(nc(N3CCN(CC(=O)Nc4ccc(Br)cc4)CC3)n2Cc2ccc(Cl)cc2)n(C)c1=O. The largest absolute Gasteiger partial charge is 0.340 e. The molecule has 1 fully saturated rings. The van der Waals surface area contributed by atoms with Crippen LogP contribution in [0.3, 0.4) is 0 Å². The van der Waals surface area contributed by atoms with Crippen LogP contribution in [0.4, 0.5) is 11.6 Å². The average Bonchev–Trinajstić information content (AvgIpc) is 3.28. The number of halogens is 2. The van der Waals surface area contributed by atoms with E-state index in [-0.39, 0.29) is 18.0 Å². The number of anilines is 2. The van der Waals surface area contributed by atoms with Gasteiger partial charge in [0.05, 0.1) is 13.1 Å². The van der Waals surface area contributed by atoms with Gasteiger partial charge in [-0.3, -0.25) is 28.2 Å². The maximum Gasteiger partial charge on any atom is 0.332 e. The first kappa shape index (κ1) is 26.2. The fourth-order valence-corrected chi connectivity index (χ4v) is 5.03. The number of rotatable bonds is 6. The van der Waals surface area contributed by atoms with E-state index in [1.165, 1.54) is 11.6 Å². The van der Waals surface area contributed by atoms with Gasteiger partial charge in [0.25, 0.3) is 5.56 Å². The van der Waals surface area contributed by atoms with E-state index in [0.29, 0.717) is 54.9 Å². The number of nitrogens with one attached hydrogen (secondary N) is 1. The first-order chi connectivity index (χ1) is 18.2. The van der Waals surface area contributed by atoms with E-state index in [0.717, 1.165) is 20.3 Å². The van der Waals surface area contributed by atoms with Gasteiger partial charge in [0.15, 0.2) is 11.2 Å². The van der Waals surface area contributed by atoms with Gasteiger partial charge < -0.3 is 10.2 Å². The topological polar surface area (TPSA) is 97.4 Å². The van der Waals surface area contributed by atoms with E-state index in [2.05, 4.69) is 31.0 Å². The van der Waals surface area contributed by atoms with Crippen molar-refractivity contribution in [2.75, 3.05) is 42.9 Å². The van der Waals surface area contributed by atoms with Crippen LogP contribution in [0, 0.1) is 0 Å². The van der Waals surface area contributed by atoms with E-state index < -0.39 is 5.69 Å². The molecule has 1 aliphatic heterocycles. The van der Waals surface area contributed by atoms with Gasteiger partial charge in [-0.25, -0.2) is 4.79 Å². The summed E-state index contributed by atoms with van der Waals surface area (Å²) in [5, 5.41) is 3.56. The van der Waals surface area contributed by atoms with Gasteiger partial charge in [0, 0.05) is 55.5 Å². The normalized spacial score (nSPS) is 14.3. The molecule has 10 nitrogen and oxygen atoms in total. The molecule has 5 rings (SSSR count). The Hall–Kier alpha value is -3.41. The number of hydrogen-bond acceptors (Lipinski definition) is 6. The highest BCUT2D eigenvalue weighted by Crippen LogP contribution is 2.23. The number of carbonyl (C=O) groups is 1. The summed E-state index contributed by atoms with van der Waals surface area (Å²) in [6.07, 6.45) is 0. The number of nitrogens with zero attached hydrogens (tertiary/aromatic N) is 6. The summed E-state index contributed by atoms with van der Waals surface area (Å²) in [4.78, 5) is 47.3. The van der Waals surface area contributed by atoms with Gasteiger partial charge >= 0.3 is 5.69 Å². The second-order valence-corrected chi connectivity index (χ2v) is 10.7. The Morgan fingerprint density at radius 1 is 0.974 bits per heavy atom. The van der Waals surface area contributed by atoms with Crippen molar-refractivity contribution < 1.29 is 4.79 Å². The monoisotopic (exact) mass is 599 g/mol. The van der Waals surface area contributed by atoms with Crippen molar-refractivity contribution in [3.05, 3.63) is 84.4 Å². The van der Waals surface area contributed by atoms with Gasteiger partial charge in [-0.2, -0.15) is 4.98 Å². The third-order valence-corrected chi connectivity index (χ3v) is 7.51. The molecule has 0 unspecified atom stereocenters. The van der Waals surface area contributed by atoms with Crippen LogP contribution in [0.5, 0.6) is 0 Å². The zero-order valence-corrected chi connectivity index (χ0v) is 23.4. The number of aromatic nitrogens is 4. The van der Waals surface area contributed by atoms with Crippen molar-refractivity contribution in [2.45, 2.75) is 6.54 Å². The zero-order chi connectivity index (χ0) is 27.0. The van der Waals surface area contributed by atoms with Crippen molar-refractivity contribution in [2.24, 2.45) is 14.1 Å². The average molecular weight is 601 g/mol. The number of imidazole rings is 1. The quantitative estimate of drug-likeness (QED) is 0.366. The molecule has 0 saturated carbocycles. The lowest BCUT2D eigenvalue weighted by Crippen LogP contribution is -2.49. The van der Waals surface area contributed by atoms with Gasteiger partial charge in [-0.1, -0.05) is 39.7 Å². The van der Waals surface area contributed by atoms with Crippen molar-refractivity contribution in [1.82, 2.24) is 23.6 Å². The molecule has 1 N–H and O–H groups in total. The first-order valence-corrected chi connectivity index (χ1v) is 13.3. The lowest BCUT2D eigenvalue weighted by atomic mass is 10.2. The number of hydrogen-bond donors (Lipinski definition) is 1. The number of piperazine rings is 1. The first-order valence-electron chi connectivity index (χ1n) is 12.1. The summed E-state index contributed by atoms with van der Waals surface area (Å²) in [5.74, 6) is 0.543. The zero-order valence-electron chi connectivity index (χ0n) is 21.0. The Morgan fingerprint density at radius 2 is 1.63 bits per heavy atom. The number of aryl methyl sites for hydroxylation is 1. The third-order valence-electron chi connectivity index (χ3n) is 6.73. The molecule has 1 aliphatic rings. The summed E-state index contributed by atoms with van der Waals surface area (Å²) < 4.78 is 5.33. The molecule has 4 aromatic rings. The van der Waals surface area contributed by atoms with Crippen LogP contribution < -0.4 is 21.5 Å². The highest BCUT2D eigenvalue weighted by Gasteiger charge is 2.26. The van der Waals surface area contributed by atoms with Gasteiger partial charge in [-0.15, -0.1) is 0 Å². The summed E-state index contributed by atoms with van der Waals surface area (Å²) in [7, 11) is 3.09. The van der Waals surface area contributed by atoms with Crippen LogP contribution >= 0.6 is 27.5 Å². The molecule has 1 amide bonds. The van der Waals surface area contributed by atoms with Gasteiger partial charge in [0.2, 0.25) is 11.9 Å². The summed E-state index contributed by atoms with van der Waals surface area (Å²) in [6, 6.07) is 14.9. The summed E-state index contributed by atoms with van der Waals surface area (Å²) in [6.45, 7) is 3.20. The van der Waals surface area contributed by atoms with Crippen LogP contribution in [0.15, 0.2) is 62.6 Å². The Kier molecular flexibility index (Phi) is 7.42. The molecule has 198 valence electrons. The molecule has 2 aromatic carbocycles. The molecule has 0 radical (unpaired) electrons. The van der Waals surface area contributed by atoms with E-state index in [1.807, 2.05) is 53.1 Å². The Balaban J connectivity index is 1.38. The smallest absolute Gasteiger partial charge is 0.332 e. The maximum atomic E-state index is 13.2. The highest BCUT2D eigenvalue weighted by molar-refractivity contribution is 9.10. The van der Waals surface area contributed by atoms with Crippen LogP contribution in [-0.4, -0.2) is 62.2 Å². The van der Waals surface area contributed by atoms with Crippen LogP contribution in [0.25, 0.3) is 11.2 Å². The van der Waals surface area contributed by atoms with E-state index in [4.69, 9.17) is 16.6 Å². The fourth-order valence-electron chi connectivity index (χ4n) is 4.64. The number of benzene rings is 2. The summed E-state index contributed by atoms with van der Waals surface area (Å²) >= 11 is 9.47. The molecular weight excluding hydrogens is 574 g/mol.